The van der Waals surface area contributed by atoms with E-state index in [-0.39, 0.29) is 39.8 Å². The maximum Gasteiger partial charge on any atom is 0.288 e. The number of methoxy groups -OCH3 is 1. The third kappa shape index (κ3) is 5.49. The molecule has 14 heteroatoms. The highest BCUT2D eigenvalue weighted by molar-refractivity contribution is 7.93. The maximum atomic E-state index is 15.3. The molecule has 0 spiro atoms. The van der Waals surface area contributed by atoms with Crippen LogP contribution in [-0.2, 0) is 20.4 Å². The van der Waals surface area contributed by atoms with Crippen molar-refractivity contribution in [3.63, 3.8) is 0 Å². The van der Waals surface area contributed by atoms with Crippen molar-refractivity contribution < 1.29 is 22.7 Å². The molecule has 3 aromatic heterocycles. The monoisotopic (exact) mass is 687 g/mol. The van der Waals surface area contributed by atoms with Crippen molar-refractivity contribution in [2.24, 2.45) is 0 Å². The molecule has 1 aromatic carbocycles. The first kappa shape index (κ1) is 33.1. The summed E-state index contributed by atoms with van der Waals surface area (Å²) in [5.41, 5.74) is 1.21. The molecule has 1 fully saturated rings. The molecule has 1 amide bonds. The minimum absolute atomic E-state index is 0.0895. The lowest BCUT2D eigenvalue weighted by Gasteiger charge is -2.45. The first-order valence-corrected chi connectivity index (χ1v) is 17.3. The zero-order valence-electron chi connectivity index (χ0n) is 26.9. The number of hydrogen-bond donors (Lipinski definition) is 0. The fraction of sp³-hybridized carbons (Fsp3) is 0.324. The molecular weight excluding hydrogens is 654 g/mol. The third-order valence-electron chi connectivity index (χ3n) is 8.65. The second-order valence-corrected chi connectivity index (χ2v) is 13.8. The number of benzene rings is 1. The number of halogens is 1. The average molecular weight is 688 g/mol. The molecule has 4 aromatic rings. The minimum atomic E-state index is -4.56. The molecule has 12 nitrogen and oxygen atoms in total. The van der Waals surface area contributed by atoms with E-state index in [1.54, 1.807) is 31.3 Å². The van der Waals surface area contributed by atoms with Crippen LogP contribution < -0.4 is 18.7 Å². The summed E-state index contributed by atoms with van der Waals surface area (Å²) in [5.74, 6) is -0.0726. The van der Waals surface area contributed by atoms with E-state index < -0.39 is 21.5 Å². The van der Waals surface area contributed by atoms with E-state index in [0.29, 0.717) is 43.1 Å². The fourth-order valence-electron chi connectivity index (χ4n) is 6.34. The highest BCUT2D eigenvalue weighted by Gasteiger charge is 2.61. The predicted octanol–water partition coefficient (Wildman–Crippen LogP) is 4.73. The first-order chi connectivity index (χ1) is 23.1. The van der Waals surface area contributed by atoms with Gasteiger partial charge in [0.25, 0.3) is 15.9 Å². The molecule has 0 N–H and O–H groups in total. The zero-order chi connectivity index (χ0) is 34.2. The van der Waals surface area contributed by atoms with Gasteiger partial charge < -0.3 is 14.4 Å². The van der Waals surface area contributed by atoms with Gasteiger partial charge in [-0.1, -0.05) is 25.4 Å². The van der Waals surface area contributed by atoms with Crippen LogP contribution in [0.4, 0.5) is 11.4 Å². The molecule has 1 unspecified atom stereocenters. The van der Waals surface area contributed by atoms with Gasteiger partial charge in [-0.05, 0) is 67.4 Å². The van der Waals surface area contributed by atoms with E-state index in [4.69, 9.17) is 21.1 Å². The van der Waals surface area contributed by atoms with E-state index in [9.17, 15) is 13.7 Å². The number of anilines is 2. The van der Waals surface area contributed by atoms with Crippen molar-refractivity contribution in [1.29, 1.82) is 5.26 Å². The second kappa shape index (κ2) is 13.0. The van der Waals surface area contributed by atoms with Crippen molar-refractivity contribution in [2.75, 3.05) is 49.1 Å². The summed E-state index contributed by atoms with van der Waals surface area (Å²) >= 11 is 6.33. The summed E-state index contributed by atoms with van der Waals surface area (Å²) in [6.07, 6.45) is 3.07. The standard InChI is InChI=1S/C34H34ClN7O5S/c1-5-47-32-26(8-10-30(35)39-32)34(41-16-14-40(15-17-41)24-12-13-37-28(19-24)22(2)3)27-18-23(20-36)6-9-29(27)42(33(34)43)48(44,45)31-11-7-25(46-4)21-38-31/h6-13,18-19,21-22H,5,14-17H2,1-4H3. The summed E-state index contributed by atoms with van der Waals surface area (Å²) in [7, 11) is -3.12. The number of hydrogen-bond acceptors (Lipinski definition) is 11. The smallest absolute Gasteiger partial charge is 0.288 e. The summed E-state index contributed by atoms with van der Waals surface area (Å²) in [6, 6.07) is 16.7. The Hall–Kier alpha value is -4.77. The Bertz CT molecular complexity index is 2010. The Morgan fingerprint density at radius 2 is 1.79 bits per heavy atom. The van der Waals surface area contributed by atoms with E-state index >= 15 is 4.79 Å². The summed E-state index contributed by atoms with van der Waals surface area (Å²) in [5, 5.41) is 9.77. The van der Waals surface area contributed by atoms with E-state index in [2.05, 4.69) is 45.8 Å². The molecule has 2 aliphatic heterocycles. The van der Waals surface area contributed by atoms with Crippen LogP contribution in [0.2, 0.25) is 5.15 Å². The molecule has 1 saturated heterocycles. The number of nitrogens with zero attached hydrogens (tertiary/aromatic N) is 7. The SMILES string of the molecule is CCOc1nc(Cl)ccc1C1(N2CCN(c3ccnc(C(C)C)c3)CC2)C(=O)N(S(=O)(=O)c2ccc(OC)cn2)c2ccc(C#N)cc21. The van der Waals surface area contributed by atoms with Crippen molar-refractivity contribution in [2.45, 2.75) is 37.3 Å². The van der Waals surface area contributed by atoms with Crippen LogP contribution >= 0.6 is 11.6 Å². The first-order valence-electron chi connectivity index (χ1n) is 15.5. The van der Waals surface area contributed by atoms with Crippen LogP contribution in [0, 0.1) is 11.3 Å². The van der Waals surface area contributed by atoms with Gasteiger partial charge in [0.05, 0.1) is 37.2 Å². The number of carbonyl (C=O) groups excluding carboxylic acids is 1. The van der Waals surface area contributed by atoms with Crippen LogP contribution in [0.5, 0.6) is 11.6 Å². The van der Waals surface area contributed by atoms with E-state index in [1.165, 1.54) is 37.6 Å². The summed E-state index contributed by atoms with van der Waals surface area (Å²) < 4.78 is 40.7. The van der Waals surface area contributed by atoms with Gasteiger partial charge in [-0.15, -0.1) is 0 Å². The van der Waals surface area contributed by atoms with Gasteiger partial charge in [0.15, 0.2) is 10.6 Å². The lowest BCUT2D eigenvalue weighted by atomic mass is 9.81. The molecule has 48 heavy (non-hydrogen) atoms. The van der Waals surface area contributed by atoms with Crippen molar-refractivity contribution in [1.82, 2.24) is 19.9 Å². The average Bonchev–Trinajstić information content (AvgIpc) is 3.36. The molecular formula is C34H34ClN7O5S. The number of ether oxygens (including phenoxy) is 2. The number of pyridine rings is 3. The molecule has 5 heterocycles. The van der Waals surface area contributed by atoms with Gasteiger partial charge in [-0.25, -0.2) is 9.97 Å². The van der Waals surface area contributed by atoms with Gasteiger partial charge in [0.1, 0.15) is 10.9 Å². The van der Waals surface area contributed by atoms with E-state index in [1.807, 2.05) is 11.0 Å². The number of nitriles is 1. The molecule has 0 radical (unpaired) electrons. The predicted molar refractivity (Wildman–Crippen MR) is 180 cm³/mol. The van der Waals surface area contributed by atoms with E-state index in [0.717, 1.165) is 15.7 Å². The van der Waals surface area contributed by atoms with Crippen LogP contribution in [0.3, 0.4) is 0 Å². The van der Waals surface area contributed by atoms with Crippen LogP contribution in [0.25, 0.3) is 0 Å². The topological polar surface area (TPSA) is 142 Å². The number of rotatable bonds is 9. The summed E-state index contributed by atoms with van der Waals surface area (Å²) in [6.45, 7) is 7.90. The number of sulfonamides is 1. The summed E-state index contributed by atoms with van der Waals surface area (Å²) in [4.78, 5) is 32.5. The lowest BCUT2D eigenvalue weighted by Crippen LogP contribution is -2.60. The molecule has 248 valence electrons. The highest BCUT2D eigenvalue weighted by Crippen LogP contribution is 2.53. The lowest BCUT2D eigenvalue weighted by molar-refractivity contribution is -0.127. The van der Waals surface area contributed by atoms with Gasteiger partial charge in [-0.2, -0.15) is 18.0 Å². The zero-order valence-corrected chi connectivity index (χ0v) is 28.5. The number of aromatic nitrogens is 3. The van der Waals surface area contributed by atoms with Crippen molar-refractivity contribution >= 4 is 38.9 Å². The number of amides is 1. The fourth-order valence-corrected chi connectivity index (χ4v) is 7.86. The van der Waals surface area contributed by atoms with Crippen LogP contribution in [0.15, 0.2) is 72.0 Å². The largest absolute Gasteiger partial charge is 0.495 e. The Labute approximate surface area is 284 Å². The normalized spacial score (nSPS) is 18.1. The van der Waals surface area contributed by atoms with Gasteiger partial charge >= 0.3 is 0 Å². The Morgan fingerprint density at radius 1 is 1.02 bits per heavy atom. The quantitative estimate of drug-likeness (QED) is 0.226. The van der Waals surface area contributed by atoms with Crippen LogP contribution in [0.1, 0.15) is 49.1 Å². The van der Waals surface area contributed by atoms with Crippen LogP contribution in [-0.4, -0.2) is 74.1 Å². The molecule has 0 saturated carbocycles. The molecule has 0 bridgehead atoms. The highest BCUT2D eigenvalue weighted by atomic mass is 35.5. The van der Waals surface area contributed by atoms with Crippen molar-refractivity contribution in [3.8, 4) is 17.7 Å². The maximum absolute atomic E-state index is 15.3. The minimum Gasteiger partial charge on any atom is -0.495 e. The second-order valence-electron chi connectivity index (χ2n) is 11.7. The van der Waals surface area contributed by atoms with Crippen molar-refractivity contribution in [3.05, 3.63) is 94.5 Å². The number of fused-ring (bicyclic) bond motifs is 1. The third-order valence-corrected chi connectivity index (χ3v) is 10.5. The number of piperazine rings is 1. The van der Waals surface area contributed by atoms with Gasteiger partial charge in [-0.3, -0.25) is 14.7 Å². The molecule has 1 atom stereocenters. The Morgan fingerprint density at radius 3 is 2.44 bits per heavy atom. The molecule has 2 aliphatic rings. The number of carbonyl (C=O) groups is 1. The molecule has 0 aliphatic carbocycles. The van der Waals surface area contributed by atoms with Gasteiger partial charge in [0.2, 0.25) is 5.88 Å². The van der Waals surface area contributed by atoms with Gasteiger partial charge in [0, 0.05) is 54.9 Å². The Kier molecular flexibility index (Phi) is 9.00. The molecule has 6 rings (SSSR count). The Balaban J connectivity index is 1.54.